The van der Waals surface area contributed by atoms with Gasteiger partial charge >= 0.3 is 0 Å². The Kier molecular flexibility index (Phi) is 11.0. The van der Waals surface area contributed by atoms with Gasteiger partial charge in [0, 0.05) is 23.7 Å². The molecule has 2 amide bonds. The SMILES string of the molecule is C=C.C[C@@](O)(C(F)F)C(NC(=O)c1ccc(C#CC2CCC(CO)CC2)cc1)C(=O)NO. The zero-order chi connectivity index (χ0) is 24.3. The molecule has 1 aliphatic rings. The lowest BCUT2D eigenvalue weighted by Gasteiger charge is -2.30. The highest BCUT2D eigenvalue weighted by molar-refractivity contribution is 5.97. The van der Waals surface area contributed by atoms with Crippen molar-refractivity contribution < 1.29 is 33.8 Å². The van der Waals surface area contributed by atoms with Crippen molar-refractivity contribution in [3.63, 3.8) is 0 Å². The van der Waals surface area contributed by atoms with Crippen LogP contribution >= 0.6 is 0 Å². The minimum Gasteiger partial charge on any atom is -0.396 e. The Morgan fingerprint density at radius 1 is 1.19 bits per heavy atom. The van der Waals surface area contributed by atoms with Gasteiger partial charge in [0.05, 0.1) is 0 Å². The maximum absolute atomic E-state index is 13.1. The lowest BCUT2D eigenvalue weighted by atomic mass is 9.83. The summed E-state index contributed by atoms with van der Waals surface area (Å²) in [6.07, 6.45) is 0.402. The molecule has 9 heteroatoms. The quantitative estimate of drug-likeness (QED) is 0.196. The molecule has 0 spiro atoms. The molecule has 1 saturated carbocycles. The number of rotatable bonds is 6. The Hall–Kier alpha value is -2.80. The molecule has 5 N–H and O–H groups in total. The van der Waals surface area contributed by atoms with Gasteiger partial charge in [0.2, 0.25) is 0 Å². The highest BCUT2D eigenvalue weighted by atomic mass is 19.3. The normalized spacial score (nSPS) is 20.5. The highest BCUT2D eigenvalue weighted by Crippen LogP contribution is 2.28. The molecule has 1 unspecified atom stereocenters. The van der Waals surface area contributed by atoms with E-state index in [9.17, 15) is 28.6 Å². The van der Waals surface area contributed by atoms with Crippen LogP contribution in [0.3, 0.4) is 0 Å². The second kappa shape index (κ2) is 12.9. The fourth-order valence-corrected chi connectivity index (χ4v) is 3.26. The van der Waals surface area contributed by atoms with E-state index in [0.717, 1.165) is 25.7 Å². The summed E-state index contributed by atoms with van der Waals surface area (Å²) in [4.78, 5) is 24.0. The molecule has 1 aromatic carbocycles. The number of benzene rings is 1. The Morgan fingerprint density at radius 2 is 1.75 bits per heavy atom. The number of amides is 2. The molecule has 0 aromatic heterocycles. The number of carbonyl (C=O) groups excluding carboxylic acids is 2. The van der Waals surface area contributed by atoms with Crippen LogP contribution in [-0.4, -0.2) is 51.9 Å². The van der Waals surface area contributed by atoms with E-state index >= 15 is 0 Å². The monoisotopic (exact) mass is 452 g/mol. The van der Waals surface area contributed by atoms with Gasteiger partial charge in [-0.25, -0.2) is 14.3 Å². The van der Waals surface area contributed by atoms with Gasteiger partial charge in [-0.1, -0.05) is 11.8 Å². The summed E-state index contributed by atoms with van der Waals surface area (Å²) in [6, 6.07) is 3.96. The van der Waals surface area contributed by atoms with Crippen LogP contribution < -0.4 is 10.8 Å². The van der Waals surface area contributed by atoms with Gasteiger partial charge in [0.25, 0.3) is 18.2 Å². The summed E-state index contributed by atoms with van der Waals surface area (Å²) in [5.74, 6) is 4.60. The van der Waals surface area contributed by atoms with Crippen molar-refractivity contribution in [2.45, 2.75) is 50.7 Å². The van der Waals surface area contributed by atoms with E-state index in [-0.39, 0.29) is 18.1 Å². The van der Waals surface area contributed by atoms with Crippen molar-refractivity contribution in [1.82, 2.24) is 10.8 Å². The Labute approximate surface area is 186 Å². The standard InChI is InChI=1S/C21H26F2N2O5.C2H4/c1-21(29,20(22)23)17(19(28)25-30)24-18(27)16-10-8-14(9-11-16)3-2-13-4-6-15(12-26)7-5-13;1-2/h8-11,13,15,17,20,26,29-30H,4-7,12H2,1H3,(H,24,27)(H,25,28);1-2H2/t13?,15?,17?,21-;/m0./s1. The van der Waals surface area contributed by atoms with Crippen molar-refractivity contribution in [3.8, 4) is 11.8 Å². The van der Waals surface area contributed by atoms with Gasteiger partial charge in [-0.15, -0.1) is 13.2 Å². The van der Waals surface area contributed by atoms with Crippen molar-refractivity contribution in [3.05, 3.63) is 48.6 Å². The number of alkyl halides is 2. The molecule has 1 aliphatic carbocycles. The molecule has 0 radical (unpaired) electrons. The Balaban J connectivity index is 0.00000249. The van der Waals surface area contributed by atoms with E-state index in [1.807, 2.05) is 5.32 Å². The van der Waals surface area contributed by atoms with Crippen LogP contribution in [0.15, 0.2) is 37.4 Å². The van der Waals surface area contributed by atoms with Crippen molar-refractivity contribution >= 4 is 11.8 Å². The van der Waals surface area contributed by atoms with Crippen LogP contribution in [0.4, 0.5) is 8.78 Å². The van der Waals surface area contributed by atoms with Crippen molar-refractivity contribution in [1.29, 1.82) is 0 Å². The third-order valence-electron chi connectivity index (χ3n) is 5.35. The second-order valence-corrected chi connectivity index (χ2v) is 7.66. The number of aliphatic hydroxyl groups is 2. The summed E-state index contributed by atoms with van der Waals surface area (Å²) in [5.41, 5.74) is -0.978. The van der Waals surface area contributed by atoms with E-state index in [0.29, 0.717) is 18.4 Å². The first kappa shape index (κ1) is 27.2. The fourth-order valence-electron chi connectivity index (χ4n) is 3.26. The van der Waals surface area contributed by atoms with Crippen LogP contribution in [0.1, 0.15) is 48.5 Å². The molecule has 2 atom stereocenters. The number of aliphatic hydroxyl groups excluding tert-OH is 1. The molecular formula is C23H30F2N2O5. The topological polar surface area (TPSA) is 119 Å². The molecule has 0 heterocycles. The Bertz CT molecular complexity index is 810. The molecule has 0 aliphatic heterocycles. The van der Waals surface area contributed by atoms with Gasteiger partial charge in [-0.05, 0) is 62.8 Å². The number of carbonyl (C=O) groups is 2. The van der Waals surface area contributed by atoms with Crippen LogP contribution in [0.25, 0.3) is 0 Å². The molecule has 0 bridgehead atoms. The Morgan fingerprint density at radius 3 is 2.22 bits per heavy atom. The first-order valence-corrected chi connectivity index (χ1v) is 10.2. The van der Waals surface area contributed by atoms with Crippen LogP contribution in [-0.2, 0) is 4.79 Å². The molecule has 7 nitrogen and oxygen atoms in total. The average Bonchev–Trinajstić information content (AvgIpc) is 2.82. The van der Waals surface area contributed by atoms with E-state index in [2.05, 4.69) is 25.0 Å². The summed E-state index contributed by atoms with van der Waals surface area (Å²) in [5, 5.41) is 29.8. The summed E-state index contributed by atoms with van der Waals surface area (Å²) in [6.45, 7) is 6.89. The summed E-state index contributed by atoms with van der Waals surface area (Å²) < 4.78 is 26.1. The van der Waals surface area contributed by atoms with Crippen molar-refractivity contribution in [2.75, 3.05) is 6.61 Å². The predicted molar refractivity (Wildman–Crippen MR) is 115 cm³/mol. The zero-order valence-corrected chi connectivity index (χ0v) is 18.0. The number of hydrogen-bond acceptors (Lipinski definition) is 5. The van der Waals surface area contributed by atoms with Gasteiger partial charge in [0.15, 0.2) is 5.60 Å². The molecule has 0 saturated heterocycles. The van der Waals surface area contributed by atoms with E-state index in [1.165, 1.54) is 17.6 Å². The first-order chi connectivity index (χ1) is 15.2. The third kappa shape index (κ3) is 7.41. The molecule has 2 rings (SSSR count). The molecule has 32 heavy (non-hydrogen) atoms. The van der Waals surface area contributed by atoms with E-state index < -0.39 is 29.9 Å². The molecule has 176 valence electrons. The highest BCUT2D eigenvalue weighted by Gasteiger charge is 2.46. The fraction of sp³-hybridized carbons (Fsp3) is 0.478. The minimum absolute atomic E-state index is 0.0739. The van der Waals surface area contributed by atoms with Crippen molar-refractivity contribution in [2.24, 2.45) is 11.8 Å². The van der Waals surface area contributed by atoms with Crippen LogP contribution in [0, 0.1) is 23.7 Å². The third-order valence-corrected chi connectivity index (χ3v) is 5.35. The first-order valence-electron chi connectivity index (χ1n) is 10.2. The number of halogens is 2. The average molecular weight is 452 g/mol. The molecular weight excluding hydrogens is 422 g/mol. The van der Waals surface area contributed by atoms with Gasteiger partial charge in [-0.2, -0.15) is 0 Å². The largest absolute Gasteiger partial charge is 0.396 e. The maximum Gasteiger partial charge on any atom is 0.269 e. The summed E-state index contributed by atoms with van der Waals surface area (Å²) >= 11 is 0. The van der Waals surface area contributed by atoms with Gasteiger partial charge in [0.1, 0.15) is 6.04 Å². The summed E-state index contributed by atoms with van der Waals surface area (Å²) in [7, 11) is 0. The minimum atomic E-state index is -3.34. The smallest absolute Gasteiger partial charge is 0.269 e. The molecule has 1 fully saturated rings. The number of nitrogens with one attached hydrogen (secondary N) is 2. The van der Waals surface area contributed by atoms with E-state index in [4.69, 9.17) is 5.21 Å². The van der Waals surface area contributed by atoms with Gasteiger partial charge < -0.3 is 15.5 Å². The zero-order valence-electron chi connectivity index (χ0n) is 18.0. The lowest BCUT2D eigenvalue weighted by Crippen LogP contribution is -2.61. The predicted octanol–water partition coefficient (Wildman–Crippen LogP) is 2.26. The van der Waals surface area contributed by atoms with E-state index in [1.54, 1.807) is 12.1 Å². The second-order valence-electron chi connectivity index (χ2n) is 7.66. The number of hydrogen-bond donors (Lipinski definition) is 5. The maximum atomic E-state index is 13.1. The van der Waals surface area contributed by atoms with Crippen LogP contribution in [0.5, 0.6) is 0 Å². The van der Waals surface area contributed by atoms with Crippen LogP contribution in [0.2, 0.25) is 0 Å². The molecule has 1 aromatic rings. The van der Waals surface area contributed by atoms with Gasteiger partial charge in [-0.3, -0.25) is 14.8 Å². The lowest BCUT2D eigenvalue weighted by molar-refractivity contribution is -0.149. The number of hydroxylamine groups is 1.